The van der Waals surface area contributed by atoms with Gasteiger partial charge in [0, 0.05) is 29.4 Å². The minimum Gasteiger partial charge on any atom is -0.594 e. The van der Waals surface area contributed by atoms with Crippen molar-refractivity contribution in [2.24, 2.45) is 46.0 Å². The van der Waals surface area contributed by atoms with Crippen LogP contribution in [0.2, 0.25) is 0 Å². The summed E-state index contributed by atoms with van der Waals surface area (Å²) in [4.78, 5) is -1.90. The second kappa shape index (κ2) is 27.5. The van der Waals surface area contributed by atoms with E-state index in [-0.39, 0.29) is 78.1 Å². The van der Waals surface area contributed by atoms with Crippen molar-refractivity contribution in [2.75, 3.05) is 14.2 Å². The zero-order chi connectivity index (χ0) is 61.3. The predicted octanol–water partition coefficient (Wildman–Crippen LogP) is 12.2. The van der Waals surface area contributed by atoms with E-state index in [0.717, 1.165) is 12.1 Å². The maximum absolute atomic E-state index is 13.3. The number of ether oxygens (including phenoxy) is 2. The van der Waals surface area contributed by atoms with E-state index < -0.39 is 50.3 Å². The molecular formula is C56H46N10NaO15S4+. The fourth-order valence-electron chi connectivity index (χ4n) is 7.67. The van der Waals surface area contributed by atoms with Gasteiger partial charge in [0.05, 0.1) is 58.1 Å². The van der Waals surface area contributed by atoms with E-state index in [1.807, 2.05) is 0 Å². The minimum absolute atomic E-state index is 0. The fraction of sp³-hybridized carbons (Fsp3) is 0.0714. The summed E-state index contributed by atoms with van der Waals surface area (Å²) in [6.45, 7) is 3.49. The Bertz CT molecular complexity index is 4600. The Balaban J connectivity index is 0.0000106. The van der Waals surface area contributed by atoms with Gasteiger partial charge in [-0.05, 0) is 138 Å². The van der Waals surface area contributed by atoms with Crippen molar-refractivity contribution >= 4 is 122 Å². The van der Waals surface area contributed by atoms with Crippen LogP contribution in [0, 0.1) is 19.1 Å². The molecule has 30 heteroatoms. The third-order valence-electron chi connectivity index (χ3n) is 12.0. The smallest absolute Gasteiger partial charge is 0.594 e. The van der Waals surface area contributed by atoms with Gasteiger partial charge < -0.3 is 14.7 Å². The summed E-state index contributed by atoms with van der Waals surface area (Å²) in [6.07, 6.45) is 5.89. The van der Waals surface area contributed by atoms with E-state index in [1.54, 1.807) is 98.8 Å². The third kappa shape index (κ3) is 17.2. The van der Waals surface area contributed by atoms with Crippen molar-refractivity contribution in [3.63, 3.8) is 0 Å². The first-order valence-corrected chi connectivity index (χ1v) is 30.2. The van der Waals surface area contributed by atoms with E-state index in [0.29, 0.717) is 67.9 Å². The first-order valence-electron chi connectivity index (χ1n) is 24.4. The predicted molar refractivity (Wildman–Crippen MR) is 313 cm³/mol. The molecule has 0 saturated heterocycles. The number of nitrogens with zero attached hydrogens (tertiary/aromatic N) is 10. The van der Waals surface area contributed by atoms with Gasteiger partial charge in [0.1, 0.15) is 38.4 Å². The molecule has 0 heterocycles. The van der Waals surface area contributed by atoms with Crippen LogP contribution < -0.4 is 39.0 Å². The molecular weight excluding hydrogens is 1200 g/mol. The normalized spacial score (nSPS) is 12.8. The van der Waals surface area contributed by atoms with Gasteiger partial charge in [-0.1, -0.05) is 71.6 Å². The summed E-state index contributed by atoms with van der Waals surface area (Å²) in [6, 6.07) is 37.2. The Kier molecular flexibility index (Phi) is 20.8. The van der Waals surface area contributed by atoms with Gasteiger partial charge >= 0.3 is 29.6 Å². The molecule has 0 aliphatic carbocycles. The summed E-state index contributed by atoms with van der Waals surface area (Å²) in [5.74, 6) is 0.606. The van der Waals surface area contributed by atoms with Gasteiger partial charge in [0.15, 0.2) is 0 Å². The molecule has 0 radical (unpaired) electrons. The number of hydrogen-bond donors (Lipinski definition) is 4. The first kappa shape index (κ1) is 64.8. The van der Waals surface area contributed by atoms with Crippen molar-refractivity contribution in [2.45, 2.75) is 33.4 Å². The summed E-state index contributed by atoms with van der Waals surface area (Å²) in [5, 5.41) is 50.9. The van der Waals surface area contributed by atoms with Crippen LogP contribution in [0.25, 0.3) is 24.3 Å². The maximum atomic E-state index is 13.3. The zero-order valence-electron chi connectivity index (χ0n) is 45.7. The first-order chi connectivity index (χ1) is 40.2. The molecule has 0 spiro atoms. The molecule has 25 nitrogen and oxygen atoms in total. The molecule has 0 atom stereocenters. The molecule has 0 bridgehead atoms. The van der Waals surface area contributed by atoms with E-state index in [2.05, 4.69) is 46.0 Å². The average molecular weight is 1250 g/mol. The molecule has 0 saturated carbocycles. The van der Waals surface area contributed by atoms with Crippen molar-refractivity contribution in [3.05, 3.63) is 196 Å². The Morgan fingerprint density at radius 1 is 0.407 bits per heavy atom. The summed E-state index contributed by atoms with van der Waals surface area (Å²) < 4.78 is 146. The molecule has 4 N–H and O–H groups in total. The van der Waals surface area contributed by atoms with E-state index >= 15 is 0 Å². The fourth-order valence-corrected chi connectivity index (χ4v) is 10.1. The molecule has 8 rings (SSSR count). The maximum Gasteiger partial charge on any atom is 1.00 e. The number of hydrogen-bond acceptors (Lipinski definition) is 20. The quantitative estimate of drug-likeness (QED) is 0.0138. The van der Waals surface area contributed by atoms with Crippen LogP contribution in [0.5, 0.6) is 11.5 Å². The van der Waals surface area contributed by atoms with E-state index in [9.17, 15) is 57.1 Å². The third-order valence-corrected chi connectivity index (χ3v) is 15.5. The average Bonchev–Trinajstić information content (AvgIpc) is 2.09. The van der Waals surface area contributed by atoms with Crippen LogP contribution in [-0.2, 0) is 40.5 Å². The number of azo groups is 5. The van der Waals surface area contributed by atoms with Crippen LogP contribution in [0.1, 0.15) is 33.4 Å². The number of aryl methyl sites for hydroxylation is 2. The molecule has 0 aliphatic rings. The van der Waals surface area contributed by atoms with Crippen LogP contribution in [-0.4, -0.2) is 71.0 Å². The molecule has 0 aliphatic heterocycles. The Hall–Kier alpha value is -8.72. The Morgan fingerprint density at radius 3 is 1.20 bits per heavy atom. The van der Waals surface area contributed by atoms with Crippen molar-refractivity contribution in [3.8, 4) is 11.5 Å². The van der Waals surface area contributed by atoms with Gasteiger partial charge in [0.25, 0.3) is 40.5 Å². The Labute approximate surface area is 515 Å². The van der Waals surface area contributed by atoms with Gasteiger partial charge in [-0.15, -0.1) is 10.2 Å². The Morgan fingerprint density at radius 2 is 0.791 bits per heavy atom. The molecule has 434 valence electrons. The van der Waals surface area contributed by atoms with Crippen molar-refractivity contribution < 1.29 is 95.8 Å². The number of rotatable bonds is 20. The van der Waals surface area contributed by atoms with Gasteiger partial charge in [-0.25, -0.2) is 0 Å². The number of methoxy groups -OCH3 is 2. The molecule has 0 unspecified atom stereocenters. The largest absolute Gasteiger partial charge is 1.00 e. The van der Waals surface area contributed by atoms with Gasteiger partial charge in [-0.3, -0.25) is 18.2 Å². The van der Waals surface area contributed by atoms with Crippen LogP contribution >= 0.6 is 0 Å². The standard InChI is InChI=1S/C56H46N10O15S4.Na/c1-35-27-51(53(80-3)33-49(35)61-59-43-7-5-9-47(29-43)82(68,69)70)63-57-41-21-13-37(14-22-41)11-17-39-19-25-45(31-55(39)84(74,75)76)65-66(67)46-26-20-40(56(32-46)85(77,78)79)18-12-38-15-23-42(24-16-38)58-64-52-28-36(2)50(34-54(52)81-4)62-60-44-8-6-10-48(30-44)83(71,72)73;/h5-34H,1-4H3,(H,68,69,70)(H,71,72,73)(H,74,75,76)(H,77,78,79);/q;+1/b17-11+,18-12+,61-59?,62-60?,63-57?,64-58?,66-65?;. The van der Waals surface area contributed by atoms with Crippen molar-refractivity contribution in [1.29, 1.82) is 0 Å². The van der Waals surface area contributed by atoms with Gasteiger partial charge in [-0.2, -0.15) is 64.4 Å². The van der Waals surface area contributed by atoms with E-state index in [1.165, 1.54) is 99.2 Å². The van der Waals surface area contributed by atoms with Crippen LogP contribution in [0.4, 0.5) is 56.9 Å². The topological polar surface area (TPSA) is 373 Å². The summed E-state index contributed by atoms with van der Waals surface area (Å²) in [5.41, 5.74) is 4.59. The van der Waals surface area contributed by atoms with Crippen LogP contribution in [0.15, 0.2) is 223 Å². The zero-order valence-corrected chi connectivity index (χ0v) is 51.0. The summed E-state index contributed by atoms with van der Waals surface area (Å²) in [7, 11) is -15.8. The molecule has 8 aromatic carbocycles. The van der Waals surface area contributed by atoms with E-state index in [4.69, 9.17) is 9.47 Å². The second-order valence-corrected chi connectivity index (χ2v) is 23.6. The summed E-state index contributed by atoms with van der Waals surface area (Å²) >= 11 is 0. The van der Waals surface area contributed by atoms with Gasteiger partial charge in [0.2, 0.25) is 5.69 Å². The second-order valence-electron chi connectivity index (χ2n) is 18.0. The molecule has 0 aromatic heterocycles. The molecule has 0 fully saturated rings. The van der Waals surface area contributed by atoms with Crippen molar-refractivity contribution in [1.82, 2.24) is 0 Å². The molecule has 8 aromatic rings. The molecule has 86 heavy (non-hydrogen) atoms. The monoisotopic (exact) mass is 1250 g/mol. The van der Waals surface area contributed by atoms with Crippen LogP contribution in [0.3, 0.4) is 0 Å². The SMILES string of the molecule is COc1cc(N=Nc2cccc(S(=O)(=O)O)c2)c(C)cc1N=Nc1ccc(/C=C/c2ccc(N=[N+]([O-])c3ccc(/C=C/c4ccc(N=Nc5cc(C)c(N=Nc6cccc(S(=O)(=O)O)c6)cc5OC)cc4)c(S(=O)(=O)O)c3)cc2S(=O)(=O)O)cc1.[Na+]. The number of benzene rings is 8. The minimum atomic E-state index is -4.93. The molecule has 0 amide bonds.